The quantitative estimate of drug-likeness (QED) is 0.593. The Hall–Kier alpha value is -2.62. The van der Waals surface area contributed by atoms with Crippen molar-refractivity contribution in [2.45, 2.75) is 39.7 Å². The minimum absolute atomic E-state index is 0.164. The number of rotatable bonds is 9. The van der Waals surface area contributed by atoms with Gasteiger partial charge < -0.3 is 9.47 Å². The second-order valence-electron chi connectivity index (χ2n) is 6.27. The third kappa shape index (κ3) is 5.73. The number of esters is 2. The van der Waals surface area contributed by atoms with E-state index < -0.39 is 11.9 Å². The first-order valence-electron chi connectivity index (χ1n) is 9.12. The fraction of sp³-hybridized carbons (Fsp3) is 0.364. The third-order valence-corrected chi connectivity index (χ3v) is 4.30. The molecule has 2 aromatic rings. The molecule has 0 aliphatic heterocycles. The fourth-order valence-electron chi connectivity index (χ4n) is 2.72. The molecule has 2 rings (SSSR count). The third-order valence-electron chi connectivity index (χ3n) is 4.30. The van der Waals surface area contributed by atoms with Crippen molar-refractivity contribution in [3.63, 3.8) is 0 Å². The highest BCUT2D eigenvalue weighted by molar-refractivity contribution is 6.03. The van der Waals surface area contributed by atoms with Crippen LogP contribution in [-0.4, -0.2) is 18.5 Å². The van der Waals surface area contributed by atoms with Crippen molar-refractivity contribution in [1.29, 1.82) is 0 Å². The van der Waals surface area contributed by atoms with E-state index in [0.29, 0.717) is 12.5 Å². The Morgan fingerprint density at radius 2 is 1.42 bits per heavy atom. The minimum atomic E-state index is -0.526. The van der Waals surface area contributed by atoms with E-state index in [1.54, 1.807) is 24.3 Å². The Morgan fingerprint density at radius 1 is 0.846 bits per heavy atom. The highest BCUT2D eigenvalue weighted by Gasteiger charge is 2.20. The van der Waals surface area contributed by atoms with Crippen molar-refractivity contribution < 1.29 is 19.1 Å². The highest BCUT2D eigenvalue weighted by Crippen LogP contribution is 2.16. The van der Waals surface area contributed by atoms with E-state index >= 15 is 0 Å². The van der Waals surface area contributed by atoms with Crippen molar-refractivity contribution in [1.82, 2.24) is 0 Å². The molecule has 0 heterocycles. The number of carbonyl (C=O) groups is 2. The molecule has 0 aliphatic rings. The van der Waals surface area contributed by atoms with E-state index in [1.165, 1.54) is 0 Å². The molecule has 0 spiro atoms. The highest BCUT2D eigenvalue weighted by atomic mass is 16.5. The predicted octanol–water partition coefficient (Wildman–Crippen LogP) is 5.03. The first-order chi connectivity index (χ1) is 12.7. The maximum Gasteiger partial charge on any atom is 0.339 e. The summed E-state index contributed by atoms with van der Waals surface area (Å²) in [5.74, 6) is -0.657. The molecule has 2 aromatic carbocycles. The number of hydrogen-bond donors (Lipinski definition) is 0. The summed E-state index contributed by atoms with van der Waals surface area (Å²) in [5, 5.41) is 0. The van der Waals surface area contributed by atoms with Crippen molar-refractivity contribution in [3.05, 3.63) is 71.3 Å². The standard InChI is InChI=1S/C22H26O4/c1-3-10-17(4-2)15-25-21(23)19-13-8-9-14-20(19)22(24)26-16-18-11-6-5-7-12-18/h5-9,11-14,17H,3-4,10,15-16H2,1-2H3. The Balaban J connectivity index is 2.01. The molecule has 138 valence electrons. The van der Waals surface area contributed by atoms with Gasteiger partial charge in [0.25, 0.3) is 0 Å². The van der Waals surface area contributed by atoms with Crippen LogP contribution in [0.5, 0.6) is 0 Å². The largest absolute Gasteiger partial charge is 0.462 e. The maximum atomic E-state index is 12.4. The number of carbonyl (C=O) groups excluding carboxylic acids is 2. The molecule has 0 fully saturated rings. The van der Waals surface area contributed by atoms with Crippen molar-refractivity contribution in [2.24, 2.45) is 5.92 Å². The number of hydrogen-bond acceptors (Lipinski definition) is 4. The van der Waals surface area contributed by atoms with Crippen LogP contribution in [0.1, 0.15) is 59.4 Å². The lowest BCUT2D eigenvalue weighted by molar-refractivity contribution is 0.0399. The molecule has 0 N–H and O–H groups in total. The van der Waals surface area contributed by atoms with Crippen LogP contribution < -0.4 is 0 Å². The van der Waals surface area contributed by atoms with E-state index in [2.05, 4.69) is 13.8 Å². The second-order valence-corrected chi connectivity index (χ2v) is 6.27. The van der Waals surface area contributed by atoms with Gasteiger partial charge in [-0.2, -0.15) is 0 Å². The van der Waals surface area contributed by atoms with Crippen LogP contribution >= 0.6 is 0 Å². The topological polar surface area (TPSA) is 52.6 Å². The van der Waals surface area contributed by atoms with Gasteiger partial charge in [0.15, 0.2) is 0 Å². The lowest BCUT2D eigenvalue weighted by atomic mass is 10.0. The summed E-state index contributed by atoms with van der Waals surface area (Å²) in [5.41, 5.74) is 1.38. The van der Waals surface area contributed by atoms with Crippen LogP contribution in [0.4, 0.5) is 0 Å². The van der Waals surface area contributed by atoms with Gasteiger partial charge in [-0.1, -0.05) is 69.2 Å². The Morgan fingerprint density at radius 3 is 2.00 bits per heavy atom. The molecule has 4 nitrogen and oxygen atoms in total. The molecule has 26 heavy (non-hydrogen) atoms. The van der Waals surface area contributed by atoms with Crippen LogP contribution in [0.25, 0.3) is 0 Å². The van der Waals surface area contributed by atoms with E-state index in [-0.39, 0.29) is 17.7 Å². The molecular formula is C22H26O4. The van der Waals surface area contributed by atoms with Gasteiger partial charge in [0, 0.05) is 0 Å². The van der Waals surface area contributed by atoms with Gasteiger partial charge in [0.2, 0.25) is 0 Å². The lowest BCUT2D eigenvalue weighted by Gasteiger charge is -2.15. The Bertz CT molecular complexity index is 709. The molecule has 0 amide bonds. The van der Waals surface area contributed by atoms with Crippen molar-refractivity contribution in [3.8, 4) is 0 Å². The minimum Gasteiger partial charge on any atom is -0.462 e. The number of benzene rings is 2. The van der Waals surface area contributed by atoms with E-state index in [1.807, 2.05) is 30.3 Å². The van der Waals surface area contributed by atoms with E-state index in [4.69, 9.17) is 9.47 Å². The smallest absolute Gasteiger partial charge is 0.339 e. The summed E-state index contributed by atoms with van der Waals surface area (Å²) in [6.07, 6.45) is 3.03. The predicted molar refractivity (Wildman–Crippen MR) is 101 cm³/mol. The van der Waals surface area contributed by atoms with Crippen LogP contribution in [0.15, 0.2) is 54.6 Å². The van der Waals surface area contributed by atoms with Gasteiger partial charge in [0.1, 0.15) is 6.61 Å². The molecule has 1 atom stereocenters. The average Bonchev–Trinajstić information content (AvgIpc) is 2.69. The van der Waals surface area contributed by atoms with Gasteiger partial charge in [0.05, 0.1) is 17.7 Å². The SMILES string of the molecule is CCCC(CC)COC(=O)c1ccccc1C(=O)OCc1ccccc1. The summed E-state index contributed by atoms with van der Waals surface area (Å²) in [7, 11) is 0. The summed E-state index contributed by atoms with van der Waals surface area (Å²) < 4.78 is 10.8. The van der Waals surface area contributed by atoms with Gasteiger partial charge in [-0.05, 0) is 30.0 Å². The van der Waals surface area contributed by atoms with Crippen LogP contribution in [0.2, 0.25) is 0 Å². The Labute approximate surface area is 155 Å². The summed E-state index contributed by atoms with van der Waals surface area (Å²) in [6, 6.07) is 16.0. The van der Waals surface area contributed by atoms with Crippen LogP contribution in [-0.2, 0) is 16.1 Å². The van der Waals surface area contributed by atoms with Gasteiger partial charge >= 0.3 is 11.9 Å². The molecule has 0 bridgehead atoms. The molecule has 0 aromatic heterocycles. The molecule has 1 unspecified atom stereocenters. The van der Waals surface area contributed by atoms with Crippen molar-refractivity contribution >= 4 is 11.9 Å². The second kappa shape index (κ2) is 10.4. The zero-order valence-electron chi connectivity index (χ0n) is 15.4. The Kier molecular flexibility index (Phi) is 7.87. The van der Waals surface area contributed by atoms with Gasteiger partial charge in [-0.15, -0.1) is 0 Å². The molecule has 0 aliphatic carbocycles. The normalized spacial score (nSPS) is 11.6. The zero-order valence-corrected chi connectivity index (χ0v) is 15.4. The molecule has 0 saturated carbocycles. The lowest BCUT2D eigenvalue weighted by Crippen LogP contribution is -2.17. The van der Waals surface area contributed by atoms with Crippen molar-refractivity contribution in [2.75, 3.05) is 6.61 Å². The molecule has 4 heteroatoms. The fourth-order valence-corrected chi connectivity index (χ4v) is 2.72. The number of ether oxygens (including phenoxy) is 2. The first kappa shape index (κ1) is 19.7. The molecule has 0 radical (unpaired) electrons. The zero-order chi connectivity index (χ0) is 18.8. The van der Waals surface area contributed by atoms with E-state index in [0.717, 1.165) is 24.8 Å². The molecule has 0 saturated heterocycles. The monoisotopic (exact) mass is 354 g/mol. The van der Waals surface area contributed by atoms with Crippen LogP contribution in [0, 0.1) is 5.92 Å². The van der Waals surface area contributed by atoms with E-state index in [9.17, 15) is 9.59 Å². The van der Waals surface area contributed by atoms with Gasteiger partial charge in [-0.3, -0.25) is 0 Å². The van der Waals surface area contributed by atoms with Crippen LogP contribution in [0.3, 0.4) is 0 Å². The summed E-state index contributed by atoms with van der Waals surface area (Å²) >= 11 is 0. The maximum absolute atomic E-state index is 12.4. The molecular weight excluding hydrogens is 328 g/mol. The first-order valence-corrected chi connectivity index (χ1v) is 9.12. The van der Waals surface area contributed by atoms with Gasteiger partial charge in [-0.25, -0.2) is 9.59 Å². The summed E-state index contributed by atoms with van der Waals surface area (Å²) in [4.78, 5) is 24.8. The summed E-state index contributed by atoms with van der Waals surface area (Å²) in [6.45, 7) is 4.74. The average molecular weight is 354 g/mol.